The number of likely N-dealkylation sites (tertiary alicyclic amines) is 1. The number of fused-ring (bicyclic) bond motifs is 1. The van der Waals surface area contributed by atoms with Gasteiger partial charge in [-0.15, -0.1) is 0 Å². The summed E-state index contributed by atoms with van der Waals surface area (Å²) in [6, 6.07) is 17.6. The molecule has 3 heterocycles. The Bertz CT molecular complexity index is 1240. The minimum Gasteiger partial charge on any atom is -0.335 e. The van der Waals surface area contributed by atoms with Crippen LogP contribution in [0.25, 0.3) is 22.2 Å². The maximum absolute atomic E-state index is 13.6. The Morgan fingerprint density at radius 1 is 0.735 bits per heavy atom. The van der Waals surface area contributed by atoms with Crippen molar-refractivity contribution in [3.63, 3.8) is 0 Å². The molecule has 2 fully saturated rings. The van der Waals surface area contributed by atoms with Gasteiger partial charge in [0.1, 0.15) is 0 Å². The fraction of sp³-hybridized carbons (Fsp3) is 0.333. The highest BCUT2D eigenvalue weighted by molar-refractivity contribution is 6.35. The van der Waals surface area contributed by atoms with E-state index in [0.29, 0.717) is 44.8 Å². The number of rotatable bonds is 2. The van der Waals surface area contributed by atoms with Crippen LogP contribution in [-0.2, 0) is 9.59 Å². The van der Waals surface area contributed by atoms with E-state index in [0.717, 1.165) is 40.6 Å². The fourth-order valence-electron chi connectivity index (χ4n) is 4.70. The third kappa shape index (κ3) is 4.25. The summed E-state index contributed by atoms with van der Waals surface area (Å²) in [4.78, 5) is 48.5. The van der Waals surface area contributed by atoms with Gasteiger partial charge in [0.15, 0.2) is 0 Å². The van der Waals surface area contributed by atoms with Crippen LogP contribution in [0.2, 0.25) is 0 Å². The predicted molar refractivity (Wildman–Crippen MR) is 130 cm³/mol. The molecule has 0 spiro atoms. The van der Waals surface area contributed by atoms with Gasteiger partial charge in [0.25, 0.3) is 5.91 Å². The molecule has 0 N–H and O–H groups in total. The standard InChI is InChI=1S/C27H28N4O3/c1-19-8-10-20(11-9-19)24-18-22(21-6-2-3-7-23(21)28-24)25(32)30-14-16-31(17-15-30)27(34)26(33)29-12-4-5-13-29/h2-3,6-11,18H,4-5,12-17H2,1H3. The van der Waals surface area contributed by atoms with E-state index in [1.54, 1.807) is 14.7 Å². The number of nitrogens with zero attached hydrogens (tertiary/aromatic N) is 4. The summed E-state index contributed by atoms with van der Waals surface area (Å²) >= 11 is 0. The minimum atomic E-state index is -0.454. The summed E-state index contributed by atoms with van der Waals surface area (Å²) in [6.07, 6.45) is 1.90. The molecule has 34 heavy (non-hydrogen) atoms. The molecule has 2 saturated heterocycles. The van der Waals surface area contributed by atoms with Gasteiger partial charge < -0.3 is 14.7 Å². The Hall–Kier alpha value is -3.74. The Kier molecular flexibility index (Phi) is 6.01. The molecule has 2 aliphatic heterocycles. The largest absolute Gasteiger partial charge is 0.335 e. The minimum absolute atomic E-state index is 0.0788. The molecule has 174 valence electrons. The third-order valence-electron chi connectivity index (χ3n) is 6.72. The molecule has 0 saturated carbocycles. The van der Waals surface area contributed by atoms with E-state index in [1.165, 1.54) is 0 Å². The molecule has 3 aromatic rings. The molecule has 0 bridgehead atoms. The third-order valence-corrected chi connectivity index (χ3v) is 6.72. The normalized spacial score (nSPS) is 16.2. The van der Waals surface area contributed by atoms with Gasteiger partial charge >= 0.3 is 11.8 Å². The number of para-hydroxylation sites is 1. The maximum atomic E-state index is 13.6. The van der Waals surface area contributed by atoms with Crippen molar-refractivity contribution in [2.24, 2.45) is 0 Å². The zero-order valence-corrected chi connectivity index (χ0v) is 19.4. The van der Waals surface area contributed by atoms with Gasteiger partial charge in [-0.2, -0.15) is 0 Å². The van der Waals surface area contributed by atoms with Crippen LogP contribution in [0.4, 0.5) is 0 Å². The molecule has 0 unspecified atom stereocenters. The summed E-state index contributed by atoms with van der Waals surface area (Å²) in [5, 5.41) is 0.811. The number of benzene rings is 2. The van der Waals surface area contributed by atoms with Gasteiger partial charge in [0, 0.05) is 50.2 Å². The van der Waals surface area contributed by atoms with Gasteiger partial charge in [-0.1, -0.05) is 48.0 Å². The Morgan fingerprint density at radius 2 is 1.32 bits per heavy atom. The number of aryl methyl sites for hydroxylation is 1. The van der Waals surface area contributed by atoms with E-state index < -0.39 is 11.8 Å². The first kappa shape index (κ1) is 22.1. The van der Waals surface area contributed by atoms with E-state index >= 15 is 0 Å². The van der Waals surface area contributed by atoms with Crippen LogP contribution < -0.4 is 0 Å². The molecule has 2 aromatic carbocycles. The zero-order chi connectivity index (χ0) is 23.7. The lowest BCUT2D eigenvalue weighted by Gasteiger charge is -2.35. The van der Waals surface area contributed by atoms with E-state index in [9.17, 15) is 14.4 Å². The smallest absolute Gasteiger partial charge is 0.312 e. The van der Waals surface area contributed by atoms with Crippen molar-refractivity contribution < 1.29 is 14.4 Å². The molecule has 7 nitrogen and oxygen atoms in total. The Balaban J connectivity index is 1.36. The number of aromatic nitrogens is 1. The fourth-order valence-corrected chi connectivity index (χ4v) is 4.70. The van der Waals surface area contributed by atoms with Crippen molar-refractivity contribution in [2.45, 2.75) is 19.8 Å². The van der Waals surface area contributed by atoms with E-state index in [2.05, 4.69) is 0 Å². The Labute approximate surface area is 199 Å². The maximum Gasteiger partial charge on any atom is 0.312 e. The molecule has 7 heteroatoms. The van der Waals surface area contributed by atoms with E-state index in [-0.39, 0.29) is 5.91 Å². The lowest BCUT2D eigenvalue weighted by atomic mass is 10.0. The van der Waals surface area contributed by atoms with Gasteiger partial charge in [0.2, 0.25) is 0 Å². The number of pyridine rings is 1. The second kappa shape index (κ2) is 9.25. The van der Waals surface area contributed by atoms with Gasteiger partial charge in [0.05, 0.1) is 16.8 Å². The van der Waals surface area contributed by atoms with Crippen molar-refractivity contribution in [3.05, 3.63) is 65.7 Å². The SMILES string of the molecule is Cc1ccc(-c2cc(C(=O)N3CCN(C(=O)C(=O)N4CCCC4)CC3)c3ccccc3n2)cc1. The van der Waals surface area contributed by atoms with Crippen LogP contribution in [0.1, 0.15) is 28.8 Å². The second-order valence-corrected chi connectivity index (χ2v) is 9.02. The van der Waals surface area contributed by atoms with Crippen molar-refractivity contribution in [1.82, 2.24) is 19.7 Å². The average Bonchev–Trinajstić information content (AvgIpc) is 3.42. The highest BCUT2D eigenvalue weighted by Crippen LogP contribution is 2.26. The monoisotopic (exact) mass is 456 g/mol. The van der Waals surface area contributed by atoms with Crippen LogP contribution in [0.15, 0.2) is 54.6 Å². The highest BCUT2D eigenvalue weighted by atomic mass is 16.2. The average molecular weight is 457 g/mol. The molecule has 3 amide bonds. The van der Waals surface area contributed by atoms with E-state index in [4.69, 9.17) is 4.98 Å². The van der Waals surface area contributed by atoms with Crippen molar-refractivity contribution in [3.8, 4) is 11.3 Å². The molecule has 2 aliphatic rings. The Morgan fingerprint density at radius 3 is 2.00 bits per heavy atom. The number of carbonyl (C=O) groups is 3. The van der Waals surface area contributed by atoms with Gasteiger partial charge in [-0.25, -0.2) is 4.98 Å². The number of piperazine rings is 1. The molecular formula is C27H28N4O3. The first-order valence-electron chi connectivity index (χ1n) is 11.9. The zero-order valence-electron chi connectivity index (χ0n) is 19.4. The molecule has 5 rings (SSSR count). The van der Waals surface area contributed by atoms with Crippen LogP contribution in [-0.4, -0.2) is 76.7 Å². The predicted octanol–water partition coefficient (Wildman–Crippen LogP) is 3.12. The van der Waals surface area contributed by atoms with Crippen LogP contribution in [0.5, 0.6) is 0 Å². The molecular weight excluding hydrogens is 428 g/mol. The first-order chi connectivity index (χ1) is 16.5. The number of hydrogen-bond acceptors (Lipinski definition) is 4. The number of hydrogen-bond donors (Lipinski definition) is 0. The number of carbonyl (C=O) groups excluding carboxylic acids is 3. The molecule has 0 aliphatic carbocycles. The lowest BCUT2D eigenvalue weighted by molar-refractivity contribution is -0.152. The van der Waals surface area contributed by atoms with Gasteiger partial charge in [-0.05, 0) is 31.9 Å². The van der Waals surface area contributed by atoms with Crippen LogP contribution in [0.3, 0.4) is 0 Å². The first-order valence-corrected chi connectivity index (χ1v) is 11.9. The second-order valence-electron chi connectivity index (χ2n) is 9.02. The van der Waals surface area contributed by atoms with Gasteiger partial charge in [-0.3, -0.25) is 14.4 Å². The quantitative estimate of drug-likeness (QED) is 0.556. The van der Waals surface area contributed by atoms with E-state index in [1.807, 2.05) is 61.5 Å². The van der Waals surface area contributed by atoms with Crippen molar-refractivity contribution >= 4 is 28.6 Å². The summed E-state index contributed by atoms with van der Waals surface area (Å²) in [5.74, 6) is -0.949. The topological polar surface area (TPSA) is 73.8 Å². The van der Waals surface area contributed by atoms with Crippen molar-refractivity contribution in [2.75, 3.05) is 39.3 Å². The number of amides is 3. The summed E-state index contributed by atoms with van der Waals surface area (Å²) < 4.78 is 0. The molecule has 0 radical (unpaired) electrons. The molecule has 0 atom stereocenters. The van der Waals surface area contributed by atoms with Crippen LogP contribution in [0, 0.1) is 6.92 Å². The summed E-state index contributed by atoms with van der Waals surface area (Å²) in [6.45, 7) is 4.86. The van der Waals surface area contributed by atoms with Crippen LogP contribution >= 0.6 is 0 Å². The summed E-state index contributed by atoms with van der Waals surface area (Å²) in [5.41, 5.74) is 4.26. The van der Waals surface area contributed by atoms with Crippen molar-refractivity contribution in [1.29, 1.82) is 0 Å². The summed E-state index contributed by atoms with van der Waals surface area (Å²) in [7, 11) is 0. The molecule has 1 aromatic heterocycles. The highest BCUT2D eigenvalue weighted by Gasteiger charge is 2.32. The lowest BCUT2D eigenvalue weighted by Crippen LogP contribution is -2.54.